The van der Waals surface area contributed by atoms with Crippen LogP contribution in [0.2, 0.25) is 0 Å². The smallest absolute Gasteiger partial charge is 0.227 e. The van der Waals surface area contributed by atoms with Gasteiger partial charge in [0, 0.05) is 24.8 Å². The van der Waals surface area contributed by atoms with Gasteiger partial charge in [-0.05, 0) is 42.2 Å². The molecule has 1 atom stereocenters. The second-order valence-corrected chi connectivity index (χ2v) is 6.30. The van der Waals surface area contributed by atoms with E-state index < -0.39 is 6.10 Å². The van der Waals surface area contributed by atoms with E-state index in [0.29, 0.717) is 5.69 Å². The van der Waals surface area contributed by atoms with E-state index in [9.17, 15) is 14.7 Å². The first kappa shape index (κ1) is 17.2. The van der Waals surface area contributed by atoms with Crippen molar-refractivity contribution < 1.29 is 14.7 Å². The van der Waals surface area contributed by atoms with E-state index in [1.54, 1.807) is 30.0 Å². The summed E-state index contributed by atoms with van der Waals surface area (Å²) in [5, 5.41) is 13.0. The molecule has 3 rings (SSSR count). The van der Waals surface area contributed by atoms with Gasteiger partial charge in [0.05, 0.1) is 12.5 Å². The molecular weight excluding hydrogens is 316 g/mol. The Labute approximate surface area is 147 Å². The zero-order valence-corrected chi connectivity index (χ0v) is 14.2. The van der Waals surface area contributed by atoms with Gasteiger partial charge in [0.25, 0.3) is 0 Å². The lowest BCUT2D eigenvalue weighted by Gasteiger charge is -2.29. The van der Waals surface area contributed by atoms with Crippen LogP contribution in [0.3, 0.4) is 0 Å². The summed E-state index contributed by atoms with van der Waals surface area (Å²) >= 11 is 0. The fourth-order valence-corrected chi connectivity index (χ4v) is 3.18. The molecular formula is C20H22N2O3. The molecule has 0 aliphatic carbocycles. The predicted molar refractivity (Wildman–Crippen MR) is 97.4 cm³/mol. The Morgan fingerprint density at radius 3 is 2.68 bits per heavy atom. The van der Waals surface area contributed by atoms with Gasteiger partial charge in [-0.15, -0.1) is 0 Å². The van der Waals surface area contributed by atoms with Crippen LogP contribution < -0.4 is 10.2 Å². The average Bonchev–Trinajstić information content (AvgIpc) is 2.61. The van der Waals surface area contributed by atoms with E-state index in [2.05, 4.69) is 5.32 Å². The molecule has 130 valence electrons. The highest BCUT2D eigenvalue weighted by Crippen LogP contribution is 2.30. The number of hydrogen-bond acceptors (Lipinski definition) is 3. The second-order valence-electron chi connectivity index (χ2n) is 6.30. The van der Waals surface area contributed by atoms with Gasteiger partial charge >= 0.3 is 0 Å². The topological polar surface area (TPSA) is 69.6 Å². The van der Waals surface area contributed by atoms with Crippen LogP contribution in [0.25, 0.3) is 0 Å². The van der Waals surface area contributed by atoms with Gasteiger partial charge < -0.3 is 15.3 Å². The van der Waals surface area contributed by atoms with Crippen molar-refractivity contribution in [3.05, 3.63) is 59.7 Å². The number of fused-ring (bicyclic) bond motifs is 1. The van der Waals surface area contributed by atoms with Crippen molar-refractivity contribution in [3.8, 4) is 0 Å². The lowest BCUT2D eigenvalue weighted by molar-refractivity contribution is -0.118. The number of carbonyl (C=O) groups excluding carboxylic acids is 2. The van der Waals surface area contributed by atoms with Gasteiger partial charge in [-0.1, -0.05) is 30.3 Å². The molecule has 1 unspecified atom stereocenters. The van der Waals surface area contributed by atoms with Crippen LogP contribution in [0.1, 0.15) is 37.0 Å². The number of aliphatic hydroxyl groups is 1. The van der Waals surface area contributed by atoms with Crippen molar-refractivity contribution in [2.24, 2.45) is 0 Å². The van der Waals surface area contributed by atoms with Crippen molar-refractivity contribution in [2.75, 3.05) is 16.8 Å². The van der Waals surface area contributed by atoms with Crippen LogP contribution in [0.15, 0.2) is 48.5 Å². The van der Waals surface area contributed by atoms with Gasteiger partial charge in [0.2, 0.25) is 11.8 Å². The van der Waals surface area contributed by atoms with E-state index in [4.69, 9.17) is 0 Å². The number of amides is 2. The Kier molecular flexibility index (Phi) is 5.14. The molecule has 1 heterocycles. The summed E-state index contributed by atoms with van der Waals surface area (Å²) in [5.74, 6) is -0.209. The summed E-state index contributed by atoms with van der Waals surface area (Å²) in [4.78, 5) is 25.7. The lowest BCUT2D eigenvalue weighted by Crippen LogP contribution is -2.33. The Bertz CT molecular complexity index is 774. The van der Waals surface area contributed by atoms with Crippen molar-refractivity contribution in [2.45, 2.75) is 32.3 Å². The van der Waals surface area contributed by atoms with E-state index in [-0.39, 0.29) is 18.2 Å². The standard InChI is InChI=1S/C20H22N2O3/c1-14(23)22-11-5-8-16-12-17(9-10-18(16)22)21-20(25)13-19(24)15-6-3-2-4-7-15/h2-4,6-7,9-10,12,19,24H,5,8,11,13H2,1H3,(H,21,25). The van der Waals surface area contributed by atoms with Crippen LogP contribution in [0, 0.1) is 0 Å². The molecule has 5 heteroatoms. The highest BCUT2D eigenvalue weighted by atomic mass is 16.3. The van der Waals surface area contributed by atoms with Gasteiger partial charge in [-0.25, -0.2) is 0 Å². The molecule has 25 heavy (non-hydrogen) atoms. The molecule has 0 aromatic heterocycles. The SMILES string of the molecule is CC(=O)N1CCCc2cc(NC(=O)CC(O)c3ccccc3)ccc21. The molecule has 5 nitrogen and oxygen atoms in total. The van der Waals surface area contributed by atoms with Crippen molar-refractivity contribution >= 4 is 23.2 Å². The maximum absolute atomic E-state index is 12.2. The minimum absolute atomic E-state index is 0.000664. The molecule has 0 spiro atoms. The number of nitrogens with one attached hydrogen (secondary N) is 1. The van der Waals surface area contributed by atoms with Gasteiger partial charge in [-0.3, -0.25) is 9.59 Å². The summed E-state index contributed by atoms with van der Waals surface area (Å²) in [6.45, 7) is 2.30. The third-order valence-corrected chi connectivity index (χ3v) is 4.43. The van der Waals surface area contributed by atoms with Crippen LogP contribution in [0.4, 0.5) is 11.4 Å². The third-order valence-electron chi connectivity index (χ3n) is 4.43. The first-order valence-corrected chi connectivity index (χ1v) is 8.48. The molecule has 0 saturated heterocycles. The highest BCUT2D eigenvalue weighted by Gasteiger charge is 2.20. The van der Waals surface area contributed by atoms with Gasteiger partial charge in [0.1, 0.15) is 0 Å². The molecule has 2 amide bonds. The minimum atomic E-state index is -0.827. The fourth-order valence-electron chi connectivity index (χ4n) is 3.18. The van der Waals surface area contributed by atoms with E-state index >= 15 is 0 Å². The summed E-state index contributed by atoms with van der Waals surface area (Å²) in [7, 11) is 0. The Balaban J connectivity index is 1.67. The van der Waals surface area contributed by atoms with Crippen LogP contribution in [0.5, 0.6) is 0 Å². The third kappa shape index (κ3) is 4.06. The van der Waals surface area contributed by atoms with Gasteiger partial charge in [0.15, 0.2) is 0 Å². The van der Waals surface area contributed by atoms with E-state index in [1.165, 1.54) is 0 Å². The summed E-state index contributed by atoms with van der Waals surface area (Å²) in [6.07, 6.45) is 0.972. The van der Waals surface area contributed by atoms with E-state index in [1.807, 2.05) is 30.3 Å². The van der Waals surface area contributed by atoms with Crippen molar-refractivity contribution in [3.63, 3.8) is 0 Å². The summed E-state index contributed by atoms with van der Waals surface area (Å²) in [6, 6.07) is 14.7. The number of hydrogen-bond donors (Lipinski definition) is 2. The zero-order valence-electron chi connectivity index (χ0n) is 14.2. The monoisotopic (exact) mass is 338 g/mol. The lowest BCUT2D eigenvalue weighted by atomic mass is 10.0. The maximum Gasteiger partial charge on any atom is 0.227 e. The molecule has 0 radical (unpaired) electrons. The largest absolute Gasteiger partial charge is 0.388 e. The first-order valence-electron chi connectivity index (χ1n) is 8.48. The Morgan fingerprint density at radius 1 is 1.20 bits per heavy atom. The normalized spacial score (nSPS) is 14.6. The van der Waals surface area contributed by atoms with Crippen LogP contribution >= 0.6 is 0 Å². The van der Waals surface area contributed by atoms with Crippen LogP contribution in [-0.4, -0.2) is 23.5 Å². The minimum Gasteiger partial charge on any atom is -0.388 e. The maximum atomic E-state index is 12.2. The van der Waals surface area contributed by atoms with E-state index in [0.717, 1.165) is 36.2 Å². The average molecular weight is 338 g/mol. The fraction of sp³-hybridized carbons (Fsp3) is 0.300. The molecule has 2 aromatic rings. The summed E-state index contributed by atoms with van der Waals surface area (Å²) < 4.78 is 0. The first-order chi connectivity index (χ1) is 12.0. The Morgan fingerprint density at radius 2 is 1.96 bits per heavy atom. The number of rotatable bonds is 4. The molecule has 1 aliphatic rings. The zero-order chi connectivity index (χ0) is 17.8. The van der Waals surface area contributed by atoms with Gasteiger partial charge in [-0.2, -0.15) is 0 Å². The number of nitrogens with zero attached hydrogens (tertiary/aromatic N) is 1. The van der Waals surface area contributed by atoms with Crippen molar-refractivity contribution in [1.82, 2.24) is 0 Å². The molecule has 0 fully saturated rings. The summed E-state index contributed by atoms with van der Waals surface area (Å²) in [5.41, 5.74) is 3.39. The molecule has 0 saturated carbocycles. The molecule has 1 aliphatic heterocycles. The molecule has 2 aromatic carbocycles. The number of benzene rings is 2. The number of anilines is 2. The number of carbonyl (C=O) groups is 2. The number of aryl methyl sites for hydroxylation is 1. The number of aliphatic hydroxyl groups excluding tert-OH is 1. The molecule has 2 N–H and O–H groups in total. The second kappa shape index (κ2) is 7.49. The van der Waals surface area contributed by atoms with Crippen molar-refractivity contribution in [1.29, 1.82) is 0 Å². The Hall–Kier alpha value is -2.66. The molecule has 0 bridgehead atoms. The predicted octanol–water partition coefficient (Wildman–Crippen LogP) is 3.05. The highest BCUT2D eigenvalue weighted by molar-refractivity contribution is 5.95. The quantitative estimate of drug-likeness (QED) is 0.900. The van der Waals surface area contributed by atoms with Crippen LogP contribution in [-0.2, 0) is 16.0 Å².